The first-order valence-electron chi connectivity index (χ1n) is 12.0. The van der Waals surface area contributed by atoms with Gasteiger partial charge in [-0.05, 0) is 25.0 Å². The minimum absolute atomic E-state index is 0.0426. The number of ether oxygens (including phenoxy) is 2. The molecule has 2 aromatic carbocycles. The Morgan fingerprint density at radius 3 is 1.46 bits per heavy atom. The Labute approximate surface area is 223 Å². The lowest BCUT2D eigenvalue weighted by atomic mass is 10.1. The molecule has 2 rings (SSSR count). The normalized spacial score (nSPS) is 10.3. The van der Waals surface area contributed by atoms with Crippen molar-refractivity contribution < 1.29 is 38.5 Å². The highest BCUT2D eigenvalue weighted by Gasteiger charge is 2.14. The lowest BCUT2D eigenvalue weighted by molar-refractivity contribution is -0.385. The Hall–Kier alpha value is -4.88. The maximum Gasteiger partial charge on any atom is 0.338 e. The van der Waals surface area contributed by atoms with Crippen molar-refractivity contribution in [3.05, 3.63) is 79.9 Å². The molecule has 208 valence electrons. The second kappa shape index (κ2) is 16.1. The van der Waals surface area contributed by atoms with Gasteiger partial charge in [0.1, 0.15) is 13.2 Å². The van der Waals surface area contributed by atoms with Crippen LogP contribution in [0.2, 0.25) is 0 Å². The molecule has 0 aliphatic heterocycles. The second-order valence-corrected chi connectivity index (χ2v) is 8.15. The average molecular weight is 545 g/mol. The van der Waals surface area contributed by atoms with Gasteiger partial charge in [-0.25, -0.2) is 9.59 Å². The molecule has 39 heavy (non-hydrogen) atoms. The van der Waals surface area contributed by atoms with Crippen molar-refractivity contribution in [2.24, 2.45) is 0 Å². The smallest absolute Gasteiger partial charge is 0.338 e. The van der Waals surface area contributed by atoms with Crippen LogP contribution in [0.5, 0.6) is 0 Å². The van der Waals surface area contributed by atoms with E-state index >= 15 is 0 Å². The minimum atomic E-state index is -0.730. The van der Waals surface area contributed by atoms with Crippen LogP contribution < -0.4 is 10.6 Å². The van der Waals surface area contributed by atoms with Gasteiger partial charge in [0.15, 0.2) is 0 Å². The number of non-ortho nitro benzene ring substituents is 2. The number of rotatable bonds is 16. The van der Waals surface area contributed by atoms with Gasteiger partial charge in [-0.2, -0.15) is 0 Å². The molecule has 2 amide bonds. The zero-order valence-corrected chi connectivity index (χ0v) is 21.0. The first-order chi connectivity index (χ1) is 18.7. The summed E-state index contributed by atoms with van der Waals surface area (Å²) in [5, 5.41) is 26.7. The van der Waals surface area contributed by atoms with Crippen molar-refractivity contribution in [3.8, 4) is 0 Å². The monoisotopic (exact) mass is 544 g/mol. The number of carbonyl (C=O) groups excluding carboxylic acids is 4. The van der Waals surface area contributed by atoms with Crippen LogP contribution in [0.15, 0.2) is 48.5 Å². The summed E-state index contributed by atoms with van der Waals surface area (Å²) in [6, 6.07) is 10.3. The van der Waals surface area contributed by atoms with E-state index in [9.17, 15) is 39.4 Å². The van der Waals surface area contributed by atoms with Crippen LogP contribution in [0.1, 0.15) is 52.8 Å². The van der Waals surface area contributed by atoms with E-state index in [1.807, 2.05) is 0 Å². The zero-order valence-electron chi connectivity index (χ0n) is 21.0. The summed E-state index contributed by atoms with van der Waals surface area (Å²) >= 11 is 0. The van der Waals surface area contributed by atoms with Crippen LogP contribution >= 0.6 is 0 Å². The van der Waals surface area contributed by atoms with Crippen LogP contribution in [0.25, 0.3) is 0 Å². The van der Waals surface area contributed by atoms with E-state index in [0.717, 1.165) is 12.1 Å². The van der Waals surface area contributed by atoms with Crippen LogP contribution in [0, 0.1) is 20.2 Å². The SMILES string of the molecule is O=C(CCCCCC(=O)NCCOC(=O)c1cccc([N+](=O)[O-])c1)NCCOC(=O)c1cccc([N+](=O)[O-])c1. The Morgan fingerprint density at radius 2 is 1.08 bits per heavy atom. The molecule has 0 spiro atoms. The van der Waals surface area contributed by atoms with Gasteiger partial charge in [0, 0.05) is 37.1 Å². The molecule has 0 atom stereocenters. The Bertz CT molecular complexity index is 1110. The van der Waals surface area contributed by atoms with Crippen LogP contribution in [0.3, 0.4) is 0 Å². The number of nitrogens with one attached hydrogen (secondary N) is 2. The molecule has 14 nitrogen and oxygen atoms in total. The third-order valence-corrected chi connectivity index (χ3v) is 5.21. The van der Waals surface area contributed by atoms with E-state index in [1.54, 1.807) is 0 Å². The molecule has 0 aliphatic rings. The number of nitro groups is 2. The maximum absolute atomic E-state index is 11.9. The molecule has 0 bridgehead atoms. The number of benzene rings is 2. The standard InChI is InChI=1S/C25H28N4O10/c30-22(26-12-14-38-24(32)18-6-4-8-20(16-18)28(34)35)10-2-1-3-11-23(31)27-13-15-39-25(33)19-7-5-9-21(17-19)29(36)37/h4-9,16-17H,1-3,10-15H2,(H,26,30)(H,27,31). The fourth-order valence-electron chi connectivity index (χ4n) is 3.25. The van der Waals surface area contributed by atoms with Crippen molar-refractivity contribution in [2.75, 3.05) is 26.3 Å². The van der Waals surface area contributed by atoms with Crippen LogP contribution in [0.4, 0.5) is 11.4 Å². The van der Waals surface area contributed by atoms with Crippen LogP contribution in [-0.2, 0) is 19.1 Å². The molecule has 0 aromatic heterocycles. The Balaban J connectivity index is 1.49. The summed E-state index contributed by atoms with van der Waals surface area (Å²) in [6.07, 6.45) is 2.19. The first kappa shape index (κ1) is 30.3. The van der Waals surface area contributed by atoms with E-state index in [2.05, 4.69) is 10.6 Å². The molecule has 0 saturated heterocycles. The quantitative estimate of drug-likeness (QED) is 0.137. The number of unbranched alkanes of at least 4 members (excludes halogenated alkanes) is 2. The summed E-state index contributed by atoms with van der Waals surface area (Å²) in [6.45, 7) is 0.00330. The second-order valence-electron chi connectivity index (χ2n) is 8.15. The van der Waals surface area contributed by atoms with Gasteiger partial charge in [0.2, 0.25) is 11.8 Å². The highest BCUT2D eigenvalue weighted by Crippen LogP contribution is 2.14. The van der Waals surface area contributed by atoms with E-state index < -0.39 is 21.8 Å². The summed E-state index contributed by atoms with van der Waals surface area (Å²) < 4.78 is 10.00. The van der Waals surface area contributed by atoms with Crippen molar-refractivity contribution in [1.82, 2.24) is 10.6 Å². The van der Waals surface area contributed by atoms with E-state index in [0.29, 0.717) is 19.3 Å². The van der Waals surface area contributed by atoms with Crippen molar-refractivity contribution in [2.45, 2.75) is 32.1 Å². The fourth-order valence-corrected chi connectivity index (χ4v) is 3.25. The molecule has 0 aliphatic carbocycles. The molecule has 0 saturated carbocycles. The van der Waals surface area contributed by atoms with E-state index in [1.165, 1.54) is 36.4 Å². The van der Waals surface area contributed by atoms with Crippen molar-refractivity contribution in [1.29, 1.82) is 0 Å². The van der Waals surface area contributed by atoms with Gasteiger partial charge in [-0.3, -0.25) is 29.8 Å². The molecule has 0 heterocycles. The maximum atomic E-state index is 11.9. The van der Waals surface area contributed by atoms with Gasteiger partial charge < -0.3 is 20.1 Å². The number of nitrogens with zero attached hydrogens (tertiary/aromatic N) is 2. The van der Waals surface area contributed by atoms with E-state index in [-0.39, 0.29) is 73.5 Å². The van der Waals surface area contributed by atoms with Crippen molar-refractivity contribution >= 4 is 35.1 Å². The molecule has 2 aromatic rings. The van der Waals surface area contributed by atoms with Gasteiger partial charge in [-0.15, -0.1) is 0 Å². The van der Waals surface area contributed by atoms with Crippen LogP contribution in [-0.4, -0.2) is 59.9 Å². The number of hydrogen-bond donors (Lipinski definition) is 2. The molecular formula is C25H28N4O10. The fraction of sp³-hybridized carbons (Fsp3) is 0.360. The first-order valence-corrected chi connectivity index (χ1v) is 12.0. The molecule has 2 N–H and O–H groups in total. The lowest BCUT2D eigenvalue weighted by Crippen LogP contribution is -2.28. The summed E-state index contributed by atoms with van der Waals surface area (Å²) in [5.74, 6) is -1.94. The lowest BCUT2D eigenvalue weighted by Gasteiger charge is -2.08. The minimum Gasteiger partial charge on any atom is -0.460 e. The third-order valence-electron chi connectivity index (χ3n) is 5.21. The van der Waals surface area contributed by atoms with Crippen molar-refractivity contribution in [3.63, 3.8) is 0 Å². The summed E-state index contributed by atoms with van der Waals surface area (Å²) in [7, 11) is 0. The van der Waals surface area contributed by atoms with E-state index in [4.69, 9.17) is 9.47 Å². The molecule has 14 heteroatoms. The molecule has 0 unspecified atom stereocenters. The van der Waals surface area contributed by atoms with Gasteiger partial charge in [-0.1, -0.05) is 18.6 Å². The predicted molar refractivity (Wildman–Crippen MR) is 136 cm³/mol. The number of carbonyl (C=O) groups is 4. The third kappa shape index (κ3) is 11.4. The summed E-state index contributed by atoms with van der Waals surface area (Å²) in [5.41, 5.74) is -0.366. The highest BCUT2D eigenvalue weighted by atomic mass is 16.6. The molecular weight excluding hydrogens is 516 g/mol. The van der Waals surface area contributed by atoms with Gasteiger partial charge >= 0.3 is 11.9 Å². The summed E-state index contributed by atoms with van der Waals surface area (Å²) in [4.78, 5) is 67.9. The molecule has 0 fully saturated rings. The predicted octanol–water partition coefficient (Wildman–Crippen LogP) is 2.70. The highest BCUT2D eigenvalue weighted by molar-refractivity contribution is 5.90. The number of amides is 2. The molecule has 0 radical (unpaired) electrons. The van der Waals surface area contributed by atoms with Gasteiger partial charge in [0.25, 0.3) is 11.4 Å². The van der Waals surface area contributed by atoms with Gasteiger partial charge in [0.05, 0.1) is 34.1 Å². The number of hydrogen-bond acceptors (Lipinski definition) is 10. The Morgan fingerprint density at radius 1 is 0.667 bits per heavy atom. The zero-order chi connectivity index (χ0) is 28.6. The number of esters is 2. The Kier molecular flexibility index (Phi) is 12.5. The largest absolute Gasteiger partial charge is 0.460 e. The average Bonchev–Trinajstić information content (AvgIpc) is 2.93. The topological polar surface area (TPSA) is 197 Å². The number of nitro benzene ring substituents is 2.